The molecule has 2 heterocycles. The number of benzene rings is 1. The molecule has 0 bridgehead atoms. The molecule has 1 atom stereocenters. The second kappa shape index (κ2) is 9.53. The van der Waals surface area contributed by atoms with Gasteiger partial charge in [0.2, 0.25) is 0 Å². The van der Waals surface area contributed by atoms with Gasteiger partial charge in [-0.15, -0.1) is 0 Å². The molecule has 0 saturated carbocycles. The van der Waals surface area contributed by atoms with E-state index in [1.54, 1.807) is 9.13 Å². The van der Waals surface area contributed by atoms with Gasteiger partial charge in [-0.1, -0.05) is 31.8 Å². The second-order valence-electron chi connectivity index (χ2n) is 12.5. The van der Waals surface area contributed by atoms with Gasteiger partial charge < -0.3 is 14.4 Å². The Balaban J connectivity index is 1.84. The third kappa shape index (κ3) is 5.94. The molecule has 0 unspecified atom stereocenters. The first kappa shape index (κ1) is 26.5. The number of nitrogens with zero attached hydrogens (tertiary/aromatic N) is 3. The van der Waals surface area contributed by atoms with Crippen LogP contribution in [0.2, 0.25) is 25.7 Å². The van der Waals surface area contributed by atoms with Crippen LogP contribution < -0.4 is 5.69 Å². The van der Waals surface area contributed by atoms with Gasteiger partial charge in [0.1, 0.15) is 12.3 Å². The van der Waals surface area contributed by atoms with Crippen molar-refractivity contribution in [3.63, 3.8) is 0 Å². The molecule has 0 spiro atoms. The molecule has 0 aliphatic carbocycles. The van der Waals surface area contributed by atoms with Crippen molar-refractivity contribution < 1.29 is 14.3 Å². The zero-order chi connectivity index (χ0) is 25.5. The van der Waals surface area contributed by atoms with E-state index >= 15 is 0 Å². The van der Waals surface area contributed by atoms with E-state index in [1.807, 2.05) is 44.9 Å². The van der Waals surface area contributed by atoms with E-state index < -0.39 is 13.7 Å². The second-order valence-corrected chi connectivity index (χ2v) is 18.1. The quantitative estimate of drug-likeness (QED) is 0.394. The maximum atomic E-state index is 13.1. The third-order valence-electron chi connectivity index (χ3n) is 6.64. The highest BCUT2D eigenvalue weighted by atomic mass is 28.3. The van der Waals surface area contributed by atoms with Gasteiger partial charge in [-0.05, 0) is 71.1 Å². The Morgan fingerprint density at radius 2 is 1.88 bits per heavy atom. The summed E-state index contributed by atoms with van der Waals surface area (Å²) in [5.41, 5.74) is 2.11. The molecule has 1 saturated heterocycles. The lowest BCUT2D eigenvalue weighted by atomic mass is 9.79. The molecule has 1 aromatic carbocycles. The van der Waals surface area contributed by atoms with Crippen LogP contribution in [-0.4, -0.2) is 52.5 Å². The SMILES string of the molecule is Cn1c(=O)n(COCC[Si](C)(C)C)c2cccc([C@@H]3CCN(C(=O)OC(C)(C)C)C(C)(C)C3)c21. The van der Waals surface area contributed by atoms with Gasteiger partial charge in [0.15, 0.2) is 0 Å². The van der Waals surface area contributed by atoms with Crippen LogP contribution in [0.15, 0.2) is 23.0 Å². The van der Waals surface area contributed by atoms with Crippen molar-refractivity contribution >= 4 is 25.2 Å². The fourth-order valence-corrected chi connectivity index (χ4v) is 5.58. The lowest BCUT2D eigenvalue weighted by Crippen LogP contribution is -2.53. The average molecular weight is 490 g/mol. The fraction of sp³-hybridized carbons (Fsp3) is 0.692. The Labute approximate surface area is 205 Å². The van der Waals surface area contributed by atoms with Gasteiger partial charge in [-0.2, -0.15) is 0 Å². The summed E-state index contributed by atoms with van der Waals surface area (Å²) in [6.45, 7) is 18.4. The van der Waals surface area contributed by atoms with Crippen LogP contribution in [0, 0.1) is 0 Å². The first-order valence-corrected chi connectivity index (χ1v) is 16.1. The van der Waals surface area contributed by atoms with E-state index in [9.17, 15) is 9.59 Å². The Morgan fingerprint density at radius 1 is 1.21 bits per heavy atom. The maximum Gasteiger partial charge on any atom is 0.410 e. The highest BCUT2D eigenvalue weighted by Gasteiger charge is 2.40. The number of amides is 1. The monoisotopic (exact) mass is 489 g/mol. The van der Waals surface area contributed by atoms with E-state index in [1.165, 1.54) is 0 Å². The van der Waals surface area contributed by atoms with E-state index in [2.05, 4.69) is 39.6 Å². The molecule has 1 fully saturated rings. The van der Waals surface area contributed by atoms with Crippen LogP contribution in [0.25, 0.3) is 11.0 Å². The smallest absolute Gasteiger partial charge is 0.410 e. The number of imidazole rings is 1. The molecule has 8 heteroatoms. The number of hydrogen-bond acceptors (Lipinski definition) is 4. The summed E-state index contributed by atoms with van der Waals surface area (Å²) in [6, 6.07) is 7.23. The molecule has 1 amide bonds. The Morgan fingerprint density at radius 3 is 2.47 bits per heavy atom. The summed E-state index contributed by atoms with van der Waals surface area (Å²) in [4.78, 5) is 27.8. The van der Waals surface area contributed by atoms with E-state index in [0.717, 1.165) is 35.5 Å². The van der Waals surface area contributed by atoms with Gasteiger partial charge in [0.05, 0.1) is 11.0 Å². The molecule has 0 N–H and O–H groups in total. The van der Waals surface area contributed by atoms with E-state index in [-0.39, 0.29) is 30.0 Å². The van der Waals surface area contributed by atoms with Crippen molar-refractivity contribution in [2.75, 3.05) is 13.2 Å². The first-order chi connectivity index (χ1) is 15.6. The number of piperidine rings is 1. The number of carbonyl (C=O) groups is 1. The number of aryl methyl sites for hydroxylation is 1. The number of para-hydroxylation sites is 1. The zero-order valence-electron chi connectivity index (χ0n) is 22.5. The molecule has 34 heavy (non-hydrogen) atoms. The lowest BCUT2D eigenvalue weighted by molar-refractivity contribution is -0.00926. The lowest BCUT2D eigenvalue weighted by Gasteiger charge is -2.45. The summed E-state index contributed by atoms with van der Waals surface area (Å²) in [7, 11) is 0.657. The minimum atomic E-state index is -1.18. The predicted molar refractivity (Wildman–Crippen MR) is 140 cm³/mol. The van der Waals surface area contributed by atoms with Crippen LogP contribution in [-0.2, 0) is 23.3 Å². The Bertz CT molecular complexity index is 1090. The molecular formula is C26H43N3O4Si. The minimum absolute atomic E-state index is 0.0547. The van der Waals surface area contributed by atoms with Crippen molar-refractivity contribution in [2.24, 2.45) is 7.05 Å². The van der Waals surface area contributed by atoms with Crippen LogP contribution >= 0.6 is 0 Å². The maximum absolute atomic E-state index is 13.1. The Kier molecular flexibility index (Phi) is 7.44. The van der Waals surface area contributed by atoms with Crippen molar-refractivity contribution in [2.45, 2.75) is 96.9 Å². The number of carbonyl (C=O) groups excluding carboxylic acids is 1. The van der Waals surface area contributed by atoms with Crippen LogP contribution in [0.3, 0.4) is 0 Å². The molecular weight excluding hydrogens is 446 g/mol. The summed E-state index contributed by atoms with van der Waals surface area (Å²) in [5, 5.41) is 0. The Hall–Kier alpha value is -2.06. The topological polar surface area (TPSA) is 65.7 Å². The minimum Gasteiger partial charge on any atom is -0.444 e. The number of fused-ring (bicyclic) bond motifs is 1. The number of ether oxygens (including phenoxy) is 2. The molecule has 1 aromatic heterocycles. The van der Waals surface area contributed by atoms with E-state index in [4.69, 9.17) is 9.47 Å². The molecule has 1 aliphatic heterocycles. The van der Waals surface area contributed by atoms with Crippen molar-refractivity contribution in [1.82, 2.24) is 14.0 Å². The standard InChI is InChI=1S/C26H43N3O4Si/c1-25(2,3)33-24(31)29-14-13-19(17-26(29,4)5)20-11-10-12-21-22(20)27(6)23(30)28(21)18-32-15-16-34(7,8)9/h10-12,19H,13-18H2,1-9H3/t19-/m1/s1. The fourth-order valence-electron chi connectivity index (χ4n) is 4.82. The largest absolute Gasteiger partial charge is 0.444 e. The summed E-state index contributed by atoms with van der Waals surface area (Å²) in [5.74, 6) is 0.242. The normalized spacial score (nSPS) is 19.0. The first-order valence-electron chi connectivity index (χ1n) is 12.4. The molecule has 1 aliphatic rings. The van der Waals surface area contributed by atoms with Crippen LogP contribution in [0.5, 0.6) is 0 Å². The van der Waals surface area contributed by atoms with E-state index in [0.29, 0.717) is 13.2 Å². The van der Waals surface area contributed by atoms with Crippen molar-refractivity contribution in [3.8, 4) is 0 Å². The molecule has 0 radical (unpaired) electrons. The molecule has 2 aromatic rings. The third-order valence-corrected chi connectivity index (χ3v) is 8.34. The predicted octanol–water partition coefficient (Wildman–Crippen LogP) is 5.55. The highest BCUT2D eigenvalue weighted by molar-refractivity contribution is 6.76. The summed E-state index contributed by atoms with van der Waals surface area (Å²) < 4.78 is 15.1. The summed E-state index contributed by atoms with van der Waals surface area (Å²) >= 11 is 0. The van der Waals surface area contributed by atoms with Crippen LogP contribution in [0.4, 0.5) is 4.79 Å². The van der Waals surface area contributed by atoms with Gasteiger partial charge in [0.25, 0.3) is 0 Å². The zero-order valence-corrected chi connectivity index (χ0v) is 23.5. The molecule has 3 rings (SSSR count). The van der Waals surface area contributed by atoms with Crippen LogP contribution in [0.1, 0.15) is 58.9 Å². The molecule has 7 nitrogen and oxygen atoms in total. The van der Waals surface area contributed by atoms with Crippen molar-refractivity contribution in [3.05, 3.63) is 34.2 Å². The molecule has 190 valence electrons. The van der Waals surface area contributed by atoms with Gasteiger partial charge in [-0.25, -0.2) is 9.59 Å². The average Bonchev–Trinajstić information content (AvgIpc) is 2.93. The number of aromatic nitrogens is 2. The number of rotatable bonds is 6. The number of hydrogen-bond donors (Lipinski definition) is 0. The van der Waals surface area contributed by atoms with Gasteiger partial charge in [-0.3, -0.25) is 9.13 Å². The van der Waals surface area contributed by atoms with Crippen molar-refractivity contribution in [1.29, 1.82) is 0 Å². The van der Waals surface area contributed by atoms with Gasteiger partial charge >= 0.3 is 11.8 Å². The highest BCUT2D eigenvalue weighted by Crippen LogP contribution is 2.40. The summed E-state index contributed by atoms with van der Waals surface area (Å²) in [6.07, 6.45) is 1.37. The van der Waals surface area contributed by atoms with Gasteiger partial charge in [0, 0.05) is 33.8 Å². The number of likely N-dealkylation sites (tertiary alicyclic amines) is 1.